The molecule has 0 saturated heterocycles. The Balaban J connectivity index is 2.54. The van der Waals surface area contributed by atoms with Gasteiger partial charge in [-0.25, -0.2) is 9.98 Å². The van der Waals surface area contributed by atoms with Crippen LogP contribution in [0, 0.1) is 6.92 Å². The van der Waals surface area contributed by atoms with Crippen LogP contribution in [0.2, 0.25) is 5.02 Å². The van der Waals surface area contributed by atoms with Crippen molar-refractivity contribution in [3.63, 3.8) is 0 Å². The number of rotatable bonds is 1. The van der Waals surface area contributed by atoms with Gasteiger partial charge in [-0.1, -0.05) is 52.5 Å². The van der Waals surface area contributed by atoms with E-state index in [0.29, 0.717) is 10.6 Å². The van der Waals surface area contributed by atoms with Gasteiger partial charge in [-0.15, -0.1) is 0 Å². The van der Waals surface area contributed by atoms with E-state index in [0.717, 1.165) is 5.56 Å². The van der Waals surface area contributed by atoms with Crippen LogP contribution in [0.3, 0.4) is 0 Å². The molecule has 2 rings (SSSR count). The summed E-state index contributed by atoms with van der Waals surface area (Å²) in [6.07, 6.45) is 0. The van der Waals surface area contributed by atoms with Crippen LogP contribution in [0.15, 0.2) is 28.2 Å². The third-order valence-electron chi connectivity index (χ3n) is 2.19. The number of benzene rings is 1. The molecule has 6 heteroatoms. The number of hydrogen-bond donors (Lipinski definition) is 0. The van der Waals surface area contributed by atoms with E-state index in [1.54, 1.807) is 18.2 Å². The van der Waals surface area contributed by atoms with Crippen molar-refractivity contribution in [2.45, 2.75) is 12.0 Å². The Morgan fingerprint density at radius 3 is 2.12 bits per heavy atom. The minimum absolute atomic E-state index is 0.117. The van der Waals surface area contributed by atoms with Gasteiger partial charge in [-0.2, -0.15) is 0 Å². The Labute approximate surface area is 113 Å². The van der Waals surface area contributed by atoms with Gasteiger partial charge < -0.3 is 0 Å². The summed E-state index contributed by atoms with van der Waals surface area (Å²) in [7, 11) is 0. The van der Waals surface area contributed by atoms with E-state index >= 15 is 0 Å². The molecule has 0 saturated carbocycles. The minimum Gasteiger partial charge on any atom is -0.220 e. The van der Waals surface area contributed by atoms with Crippen molar-refractivity contribution in [3.05, 3.63) is 34.3 Å². The average molecular weight is 296 g/mol. The highest BCUT2D eigenvalue weighted by Gasteiger charge is 2.36. The van der Waals surface area contributed by atoms with E-state index in [1.807, 2.05) is 6.92 Å². The average Bonchev–Trinajstić information content (AvgIpc) is 2.41. The van der Waals surface area contributed by atoms with Crippen molar-refractivity contribution < 1.29 is 0 Å². The molecule has 16 heavy (non-hydrogen) atoms. The third-order valence-corrected chi connectivity index (χ3v) is 3.43. The Morgan fingerprint density at radius 1 is 1.06 bits per heavy atom. The maximum absolute atomic E-state index is 6.26. The van der Waals surface area contributed by atoms with E-state index in [-0.39, 0.29) is 10.3 Å². The van der Waals surface area contributed by atoms with Crippen molar-refractivity contribution in [1.29, 1.82) is 0 Å². The van der Waals surface area contributed by atoms with Crippen LogP contribution in [0.1, 0.15) is 11.1 Å². The highest BCUT2D eigenvalue weighted by atomic mass is 35.5. The summed E-state index contributed by atoms with van der Waals surface area (Å²) in [5.41, 5.74) is 1.60. The Hall–Kier alpha value is -0.280. The lowest BCUT2D eigenvalue weighted by Gasteiger charge is -2.17. The third kappa shape index (κ3) is 2.07. The van der Waals surface area contributed by atoms with E-state index in [9.17, 15) is 0 Å². The summed E-state index contributed by atoms with van der Waals surface area (Å²) in [5.74, 6) is 0. The van der Waals surface area contributed by atoms with Gasteiger partial charge in [-0.05, 0) is 24.6 Å². The van der Waals surface area contributed by atoms with Crippen LogP contribution in [0.4, 0.5) is 0 Å². The molecule has 0 bridgehead atoms. The SMILES string of the molecule is Cc1cc(Cl)ccc1C1(Cl)N=C(Cl)C(Cl)=N1. The summed E-state index contributed by atoms with van der Waals surface area (Å²) >= 11 is 23.6. The summed E-state index contributed by atoms with van der Waals surface area (Å²) in [6, 6.07) is 5.27. The van der Waals surface area contributed by atoms with Crippen LogP contribution in [0.5, 0.6) is 0 Å². The second-order valence-corrected chi connectivity index (χ2v) is 5.03. The lowest BCUT2D eigenvalue weighted by molar-refractivity contribution is 0.699. The molecule has 0 aliphatic carbocycles. The minimum atomic E-state index is -1.26. The summed E-state index contributed by atoms with van der Waals surface area (Å²) in [4.78, 5) is 8.06. The molecule has 1 aromatic rings. The fraction of sp³-hybridized carbons (Fsp3) is 0.200. The molecule has 0 atom stereocenters. The molecule has 1 heterocycles. The van der Waals surface area contributed by atoms with E-state index in [1.165, 1.54) is 0 Å². The first-order chi connectivity index (χ1) is 7.42. The molecule has 0 fully saturated rings. The maximum atomic E-state index is 6.26. The molecule has 0 radical (unpaired) electrons. The number of aliphatic imine (C=N–C) groups is 2. The first-order valence-electron chi connectivity index (χ1n) is 4.39. The van der Waals surface area contributed by atoms with E-state index in [2.05, 4.69) is 9.98 Å². The highest BCUT2D eigenvalue weighted by molar-refractivity contribution is 7.01. The fourth-order valence-electron chi connectivity index (χ4n) is 1.48. The molecule has 1 aliphatic heterocycles. The molecule has 84 valence electrons. The van der Waals surface area contributed by atoms with Crippen LogP contribution < -0.4 is 0 Å². The predicted octanol–water partition coefficient (Wildman–Crippen LogP) is 4.29. The van der Waals surface area contributed by atoms with Crippen molar-refractivity contribution >= 4 is 56.7 Å². The van der Waals surface area contributed by atoms with Crippen molar-refractivity contribution in [1.82, 2.24) is 0 Å². The van der Waals surface area contributed by atoms with Gasteiger partial charge in [0.05, 0.1) is 0 Å². The smallest absolute Gasteiger partial charge is 0.220 e. The number of halogens is 4. The van der Waals surface area contributed by atoms with Gasteiger partial charge in [0.1, 0.15) is 0 Å². The standard InChI is InChI=1S/C10H6Cl4N2/c1-5-4-6(11)2-3-7(5)10(14)15-8(12)9(13)16-10/h2-4H,1H3. The maximum Gasteiger partial charge on any atom is 0.255 e. The monoisotopic (exact) mass is 294 g/mol. The van der Waals surface area contributed by atoms with E-state index < -0.39 is 5.12 Å². The molecule has 1 aromatic carbocycles. The predicted molar refractivity (Wildman–Crippen MR) is 70.3 cm³/mol. The molecule has 0 N–H and O–H groups in total. The normalized spacial score (nSPS) is 18.3. The zero-order chi connectivity index (χ0) is 11.9. The van der Waals surface area contributed by atoms with Crippen LogP contribution in [-0.2, 0) is 5.12 Å². The van der Waals surface area contributed by atoms with Crippen molar-refractivity contribution in [2.24, 2.45) is 9.98 Å². The summed E-state index contributed by atoms with van der Waals surface area (Å²) < 4.78 is 0. The van der Waals surface area contributed by atoms with Crippen LogP contribution >= 0.6 is 46.4 Å². The summed E-state index contributed by atoms with van der Waals surface area (Å²) in [6.45, 7) is 1.87. The molecule has 0 aromatic heterocycles. The molecular formula is C10H6Cl4N2. The molecular weight excluding hydrogens is 290 g/mol. The molecule has 0 unspecified atom stereocenters. The molecule has 2 nitrogen and oxygen atoms in total. The lowest BCUT2D eigenvalue weighted by atomic mass is 10.1. The first-order valence-corrected chi connectivity index (χ1v) is 5.90. The second-order valence-electron chi connectivity index (χ2n) is 3.35. The number of nitrogens with zero attached hydrogens (tertiary/aromatic N) is 2. The number of alkyl halides is 1. The zero-order valence-electron chi connectivity index (χ0n) is 8.14. The number of hydrogen-bond acceptors (Lipinski definition) is 2. The lowest BCUT2D eigenvalue weighted by Crippen LogP contribution is -2.11. The van der Waals surface area contributed by atoms with Gasteiger partial charge in [0, 0.05) is 10.6 Å². The van der Waals surface area contributed by atoms with Crippen molar-refractivity contribution in [2.75, 3.05) is 0 Å². The Bertz CT molecular complexity index is 490. The van der Waals surface area contributed by atoms with Gasteiger partial charge in [0.25, 0.3) is 5.12 Å². The largest absolute Gasteiger partial charge is 0.255 e. The van der Waals surface area contributed by atoms with Gasteiger partial charge in [-0.3, -0.25) is 0 Å². The summed E-state index contributed by atoms with van der Waals surface area (Å²) in [5, 5.41) is -0.398. The van der Waals surface area contributed by atoms with E-state index in [4.69, 9.17) is 46.4 Å². The number of aryl methyl sites for hydroxylation is 1. The molecule has 1 aliphatic rings. The molecule has 0 amide bonds. The van der Waals surface area contributed by atoms with Gasteiger partial charge >= 0.3 is 0 Å². The van der Waals surface area contributed by atoms with Crippen molar-refractivity contribution in [3.8, 4) is 0 Å². The fourth-order valence-corrected chi connectivity index (χ4v) is 2.51. The Kier molecular flexibility index (Phi) is 3.19. The van der Waals surface area contributed by atoms with Gasteiger partial charge in [0.15, 0.2) is 10.3 Å². The Morgan fingerprint density at radius 2 is 1.62 bits per heavy atom. The zero-order valence-corrected chi connectivity index (χ0v) is 11.2. The first kappa shape index (κ1) is 12.2. The van der Waals surface area contributed by atoms with Crippen LogP contribution in [0.25, 0.3) is 0 Å². The van der Waals surface area contributed by atoms with Gasteiger partial charge in [0.2, 0.25) is 0 Å². The highest BCUT2D eigenvalue weighted by Crippen LogP contribution is 2.39. The quantitative estimate of drug-likeness (QED) is 0.545. The van der Waals surface area contributed by atoms with Crippen LogP contribution in [-0.4, -0.2) is 10.3 Å². The second kappa shape index (κ2) is 4.19. The molecule has 0 spiro atoms. The topological polar surface area (TPSA) is 24.7 Å².